The summed E-state index contributed by atoms with van der Waals surface area (Å²) in [7, 11) is 0. The molecule has 1 aromatic heterocycles. The van der Waals surface area contributed by atoms with E-state index >= 15 is 0 Å². The number of rotatable bonds is 4. The smallest absolute Gasteiger partial charge is 0.278 e. The number of thiazole rings is 1. The van der Waals surface area contributed by atoms with E-state index in [1.165, 1.54) is 17.4 Å². The highest BCUT2D eigenvalue weighted by Gasteiger charge is 2.00. The molecule has 0 fully saturated rings. The molecular weight excluding hydrogens is 240 g/mol. The van der Waals surface area contributed by atoms with Crippen molar-refractivity contribution < 1.29 is 9.66 Å². The number of hydrogen-bond acceptors (Lipinski definition) is 5. The van der Waals surface area contributed by atoms with Crippen molar-refractivity contribution in [2.24, 2.45) is 0 Å². The van der Waals surface area contributed by atoms with Crippen molar-refractivity contribution in [3.63, 3.8) is 0 Å². The van der Waals surface area contributed by atoms with Crippen LogP contribution in [0.1, 0.15) is 5.56 Å². The third kappa shape index (κ3) is 3.39. The zero-order valence-electron chi connectivity index (χ0n) is 8.65. The van der Waals surface area contributed by atoms with Crippen molar-refractivity contribution in [1.82, 2.24) is 4.98 Å². The van der Waals surface area contributed by atoms with Gasteiger partial charge in [-0.3, -0.25) is 10.1 Å². The number of nitro groups is 1. The fourth-order valence-electron chi connectivity index (χ4n) is 1.19. The average molecular weight is 248 g/mol. The van der Waals surface area contributed by atoms with E-state index in [2.05, 4.69) is 4.98 Å². The summed E-state index contributed by atoms with van der Waals surface area (Å²) in [6, 6.07) is 7.00. The Morgan fingerprint density at radius 3 is 3.06 bits per heavy atom. The Morgan fingerprint density at radius 1 is 1.47 bits per heavy atom. The predicted molar refractivity (Wildman–Crippen MR) is 64.7 cm³/mol. The molecule has 2 aromatic rings. The predicted octanol–water partition coefficient (Wildman–Crippen LogP) is 3.18. The lowest BCUT2D eigenvalue weighted by Gasteiger charge is -2.01. The zero-order valence-corrected chi connectivity index (χ0v) is 9.46. The van der Waals surface area contributed by atoms with Crippen LogP contribution in [0.4, 0.5) is 0 Å². The third-order valence-electron chi connectivity index (χ3n) is 1.86. The van der Waals surface area contributed by atoms with E-state index in [0.717, 1.165) is 6.20 Å². The Balaban J connectivity index is 2.14. The van der Waals surface area contributed by atoms with E-state index in [1.807, 2.05) is 5.38 Å². The van der Waals surface area contributed by atoms with Gasteiger partial charge >= 0.3 is 0 Å². The average Bonchev–Trinajstić information content (AvgIpc) is 2.80. The van der Waals surface area contributed by atoms with Gasteiger partial charge in [0, 0.05) is 17.7 Å². The van der Waals surface area contributed by atoms with Gasteiger partial charge in [-0.25, -0.2) is 4.98 Å². The number of aromatic nitrogens is 1. The van der Waals surface area contributed by atoms with Crippen molar-refractivity contribution >= 4 is 17.4 Å². The highest BCUT2D eigenvalue weighted by molar-refractivity contribution is 7.11. The molecule has 0 atom stereocenters. The standard InChI is InChI=1S/C11H8N2O3S/c14-13(15)6-4-9-2-1-3-10(8-9)16-11-12-5-7-17-11/h1-8H/b6-4+. The summed E-state index contributed by atoms with van der Waals surface area (Å²) in [4.78, 5) is 13.7. The molecule has 0 aliphatic rings. The van der Waals surface area contributed by atoms with E-state index in [0.29, 0.717) is 16.5 Å². The van der Waals surface area contributed by atoms with Crippen molar-refractivity contribution in [2.75, 3.05) is 0 Å². The quantitative estimate of drug-likeness (QED) is 0.615. The van der Waals surface area contributed by atoms with Gasteiger partial charge in [-0.1, -0.05) is 23.5 Å². The number of benzene rings is 1. The molecule has 86 valence electrons. The molecule has 0 radical (unpaired) electrons. The molecule has 1 heterocycles. The summed E-state index contributed by atoms with van der Waals surface area (Å²) in [6.07, 6.45) is 3.95. The minimum Gasteiger partial charge on any atom is -0.431 e. The van der Waals surface area contributed by atoms with Gasteiger partial charge in [0.25, 0.3) is 5.19 Å². The summed E-state index contributed by atoms with van der Waals surface area (Å²) < 4.78 is 5.47. The van der Waals surface area contributed by atoms with Gasteiger partial charge in [0.1, 0.15) is 5.75 Å². The Kier molecular flexibility index (Phi) is 3.46. The van der Waals surface area contributed by atoms with Gasteiger partial charge in [0.2, 0.25) is 6.20 Å². The molecule has 1 aromatic carbocycles. The fourth-order valence-corrected chi connectivity index (χ4v) is 1.69. The zero-order chi connectivity index (χ0) is 12.1. The maximum Gasteiger partial charge on any atom is 0.278 e. The van der Waals surface area contributed by atoms with Crippen LogP contribution in [0.5, 0.6) is 10.9 Å². The summed E-state index contributed by atoms with van der Waals surface area (Å²) in [5.41, 5.74) is 0.704. The molecule has 17 heavy (non-hydrogen) atoms. The van der Waals surface area contributed by atoms with Gasteiger partial charge in [0.15, 0.2) is 0 Å². The van der Waals surface area contributed by atoms with E-state index in [1.54, 1.807) is 30.5 Å². The lowest BCUT2D eigenvalue weighted by Crippen LogP contribution is -1.85. The topological polar surface area (TPSA) is 65.3 Å². The first kappa shape index (κ1) is 11.3. The van der Waals surface area contributed by atoms with Crippen LogP contribution >= 0.6 is 11.3 Å². The van der Waals surface area contributed by atoms with Crippen LogP contribution in [0.15, 0.2) is 42.0 Å². The van der Waals surface area contributed by atoms with Gasteiger partial charge < -0.3 is 4.74 Å². The Labute approximate surface area is 101 Å². The first-order chi connectivity index (χ1) is 8.24. The molecular formula is C11H8N2O3S. The van der Waals surface area contributed by atoms with E-state index in [4.69, 9.17) is 4.74 Å². The van der Waals surface area contributed by atoms with Crippen molar-refractivity contribution in [3.8, 4) is 10.9 Å². The lowest BCUT2D eigenvalue weighted by atomic mass is 10.2. The van der Waals surface area contributed by atoms with Crippen LogP contribution in [0.2, 0.25) is 0 Å². The van der Waals surface area contributed by atoms with E-state index in [-0.39, 0.29) is 0 Å². The number of ether oxygens (including phenoxy) is 1. The van der Waals surface area contributed by atoms with Crippen LogP contribution < -0.4 is 4.74 Å². The molecule has 0 bridgehead atoms. The molecule has 0 aliphatic carbocycles. The first-order valence-corrected chi connectivity index (χ1v) is 5.61. The second-order valence-electron chi connectivity index (χ2n) is 3.07. The molecule has 0 spiro atoms. The van der Waals surface area contributed by atoms with Gasteiger partial charge in [-0.05, 0) is 17.7 Å². The Bertz CT molecular complexity index is 537. The van der Waals surface area contributed by atoms with Crippen LogP contribution in [0.3, 0.4) is 0 Å². The van der Waals surface area contributed by atoms with Gasteiger partial charge in [-0.15, -0.1) is 0 Å². The Hall–Kier alpha value is -2.21. The first-order valence-electron chi connectivity index (χ1n) is 4.73. The maximum atomic E-state index is 10.2. The second kappa shape index (κ2) is 5.22. The summed E-state index contributed by atoms with van der Waals surface area (Å²) in [5, 5.41) is 12.5. The van der Waals surface area contributed by atoms with E-state index < -0.39 is 4.92 Å². The molecule has 6 heteroatoms. The van der Waals surface area contributed by atoms with Crippen LogP contribution in [0.25, 0.3) is 6.08 Å². The highest BCUT2D eigenvalue weighted by Crippen LogP contribution is 2.24. The number of hydrogen-bond donors (Lipinski definition) is 0. The van der Waals surface area contributed by atoms with Crippen LogP contribution in [-0.4, -0.2) is 9.91 Å². The van der Waals surface area contributed by atoms with Crippen LogP contribution in [0, 0.1) is 10.1 Å². The van der Waals surface area contributed by atoms with Crippen LogP contribution in [-0.2, 0) is 0 Å². The Morgan fingerprint density at radius 2 is 2.35 bits per heavy atom. The number of nitrogens with zero attached hydrogens (tertiary/aromatic N) is 2. The monoisotopic (exact) mass is 248 g/mol. The summed E-state index contributed by atoms with van der Waals surface area (Å²) in [6.45, 7) is 0. The largest absolute Gasteiger partial charge is 0.431 e. The molecule has 0 N–H and O–H groups in total. The molecule has 5 nitrogen and oxygen atoms in total. The molecule has 0 aliphatic heterocycles. The molecule has 2 rings (SSSR count). The minimum absolute atomic E-state index is 0.506. The third-order valence-corrected chi connectivity index (χ3v) is 2.51. The fraction of sp³-hybridized carbons (Fsp3) is 0. The van der Waals surface area contributed by atoms with Crippen molar-refractivity contribution in [2.45, 2.75) is 0 Å². The highest BCUT2D eigenvalue weighted by atomic mass is 32.1. The lowest BCUT2D eigenvalue weighted by molar-refractivity contribution is -0.400. The van der Waals surface area contributed by atoms with Crippen molar-refractivity contribution in [3.05, 3.63) is 57.7 Å². The molecule has 0 saturated carbocycles. The van der Waals surface area contributed by atoms with Crippen molar-refractivity contribution in [1.29, 1.82) is 0 Å². The summed E-state index contributed by atoms with van der Waals surface area (Å²) >= 11 is 1.38. The molecule has 0 amide bonds. The second-order valence-corrected chi connectivity index (χ2v) is 3.93. The summed E-state index contributed by atoms with van der Waals surface area (Å²) in [5.74, 6) is 0.602. The van der Waals surface area contributed by atoms with E-state index in [9.17, 15) is 10.1 Å². The molecule has 0 unspecified atom stereocenters. The van der Waals surface area contributed by atoms with Gasteiger partial charge in [0.05, 0.1) is 4.92 Å². The normalized spacial score (nSPS) is 10.6. The maximum absolute atomic E-state index is 10.2. The minimum atomic E-state index is -0.506. The van der Waals surface area contributed by atoms with Gasteiger partial charge in [-0.2, -0.15) is 0 Å². The SMILES string of the molecule is O=[N+]([O-])/C=C/c1cccc(Oc2nccs2)c1. The molecule has 0 saturated heterocycles.